The van der Waals surface area contributed by atoms with Gasteiger partial charge in [0.15, 0.2) is 5.78 Å². The Kier molecular flexibility index (Phi) is 5.14. The van der Waals surface area contributed by atoms with Crippen LogP contribution in [0, 0.1) is 34.5 Å². The molecule has 31 heavy (non-hydrogen) atoms. The molecule has 1 saturated heterocycles. The number of piperidine rings is 1. The van der Waals surface area contributed by atoms with Gasteiger partial charge in [-0.15, -0.1) is 0 Å². The molecule has 170 valence electrons. The standard InChI is InChI=1S/C25H35NO5/c1-23(2,3)31-22(29)26-14-16-17-7-8-19(21(28)30-6)24(17,4)12-10-18(16)25(5)11-9-15(27)13-20(25)26/h9,11,13,16-19H,7-8,10,12,14H2,1-6H3/t16-,17-,18-,19?,24-,25+/m0/s1. The predicted octanol–water partition coefficient (Wildman–Crippen LogP) is 4.50. The van der Waals surface area contributed by atoms with E-state index < -0.39 is 17.1 Å². The molecule has 4 rings (SSSR count). The summed E-state index contributed by atoms with van der Waals surface area (Å²) in [6.45, 7) is 10.5. The number of nitrogens with zero attached hydrogens (tertiary/aromatic N) is 1. The molecule has 0 aromatic carbocycles. The first-order chi connectivity index (χ1) is 14.4. The number of carbonyl (C=O) groups excluding carboxylic acids is 3. The molecule has 1 heterocycles. The summed E-state index contributed by atoms with van der Waals surface area (Å²) >= 11 is 0. The number of likely N-dealkylation sites (tertiary alicyclic amines) is 1. The molecule has 1 aliphatic heterocycles. The van der Waals surface area contributed by atoms with Crippen molar-refractivity contribution in [3.63, 3.8) is 0 Å². The summed E-state index contributed by atoms with van der Waals surface area (Å²) < 4.78 is 10.9. The second-order valence-corrected chi connectivity index (χ2v) is 11.2. The maximum Gasteiger partial charge on any atom is 0.414 e. The molecular formula is C25H35NO5. The zero-order valence-corrected chi connectivity index (χ0v) is 19.6. The van der Waals surface area contributed by atoms with E-state index in [2.05, 4.69) is 13.8 Å². The van der Waals surface area contributed by atoms with Gasteiger partial charge in [0.1, 0.15) is 5.60 Å². The first-order valence-electron chi connectivity index (χ1n) is 11.4. The van der Waals surface area contributed by atoms with Crippen molar-refractivity contribution in [1.82, 2.24) is 4.90 Å². The van der Waals surface area contributed by atoms with Crippen LogP contribution in [0.15, 0.2) is 23.9 Å². The van der Waals surface area contributed by atoms with Gasteiger partial charge in [-0.2, -0.15) is 0 Å². The highest BCUT2D eigenvalue weighted by Gasteiger charge is 2.62. The van der Waals surface area contributed by atoms with E-state index in [0.717, 1.165) is 31.4 Å². The van der Waals surface area contributed by atoms with Crippen LogP contribution in [-0.4, -0.2) is 42.0 Å². The number of fused-ring (bicyclic) bond motifs is 5. The summed E-state index contributed by atoms with van der Waals surface area (Å²) in [4.78, 5) is 39.7. The third kappa shape index (κ3) is 3.42. The predicted molar refractivity (Wildman–Crippen MR) is 116 cm³/mol. The van der Waals surface area contributed by atoms with Gasteiger partial charge in [-0.3, -0.25) is 14.5 Å². The van der Waals surface area contributed by atoms with Crippen LogP contribution in [0.4, 0.5) is 4.79 Å². The molecule has 6 atom stereocenters. The van der Waals surface area contributed by atoms with Gasteiger partial charge in [-0.25, -0.2) is 4.79 Å². The number of methoxy groups -OCH3 is 1. The van der Waals surface area contributed by atoms with Gasteiger partial charge in [0.2, 0.25) is 0 Å². The Bertz CT molecular complexity index is 868. The van der Waals surface area contributed by atoms with E-state index in [0.29, 0.717) is 18.4 Å². The Hall–Kier alpha value is -2.11. The van der Waals surface area contributed by atoms with E-state index in [4.69, 9.17) is 9.47 Å². The average Bonchev–Trinajstić information content (AvgIpc) is 3.03. The number of rotatable bonds is 1. The average molecular weight is 430 g/mol. The lowest BCUT2D eigenvalue weighted by atomic mass is 9.50. The van der Waals surface area contributed by atoms with Crippen LogP contribution in [0.3, 0.4) is 0 Å². The zero-order valence-electron chi connectivity index (χ0n) is 19.6. The monoisotopic (exact) mass is 429 g/mol. The second kappa shape index (κ2) is 7.21. The lowest BCUT2D eigenvalue weighted by molar-refractivity contribution is -0.153. The van der Waals surface area contributed by atoms with E-state index >= 15 is 0 Å². The molecule has 3 fully saturated rings. The van der Waals surface area contributed by atoms with Gasteiger partial charge in [-0.1, -0.05) is 19.9 Å². The normalized spacial score (nSPS) is 39.2. The molecular weight excluding hydrogens is 394 g/mol. The highest BCUT2D eigenvalue weighted by molar-refractivity contribution is 6.01. The minimum atomic E-state index is -0.621. The fourth-order valence-electron chi connectivity index (χ4n) is 6.98. The maximum atomic E-state index is 13.2. The minimum Gasteiger partial charge on any atom is -0.469 e. The van der Waals surface area contributed by atoms with E-state index in [1.54, 1.807) is 17.1 Å². The number of hydrogen-bond acceptors (Lipinski definition) is 5. The minimum absolute atomic E-state index is 0.0910. The molecule has 4 aliphatic rings. The van der Waals surface area contributed by atoms with Crippen LogP contribution >= 0.6 is 0 Å². The molecule has 3 aliphatic carbocycles. The van der Waals surface area contributed by atoms with Crippen molar-refractivity contribution in [3.05, 3.63) is 23.9 Å². The number of allylic oxidation sites excluding steroid dienone is 3. The second-order valence-electron chi connectivity index (χ2n) is 11.2. The van der Waals surface area contributed by atoms with Crippen LogP contribution in [0.25, 0.3) is 0 Å². The fourth-order valence-corrected chi connectivity index (χ4v) is 6.98. The summed E-state index contributed by atoms with van der Waals surface area (Å²) in [5.41, 5.74) is -0.399. The Morgan fingerprint density at radius 3 is 2.48 bits per heavy atom. The van der Waals surface area contributed by atoms with Crippen molar-refractivity contribution < 1.29 is 23.9 Å². The van der Waals surface area contributed by atoms with Crippen molar-refractivity contribution in [2.45, 2.75) is 65.9 Å². The highest BCUT2D eigenvalue weighted by atomic mass is 16.6. The van der Waals surface area contributed by atoms with Crippen LogP contribution < -0.4 is 0 Å². The summed E-state index contributed by atoms with van der Waals surface area (Å²) in [6.07, 6.45) is 8.54. The molecule has 1 amide bonds. The largest absolute Gasteiger partial charge is 0.469 e. The molecule has 0 N–H and O–H groups in total. The van der Waals surface area contributed by atoms with Crippen molar-refractivity contribution in [2.24, 2.45) is 34.5 Å². The van der Waals surface area contributed by atoms with Gasteiger partial charge in [0.25, 0.3) is 0 Å². The molecule has 0 radical (unpaired) electrons. The van der Waals surface area contributed by atoms with Crippen molar-refractivity contribution >= 4 is 17.8 Å². The first kappa shape index (κ1) is 22.1. The van der Waals surface area contributed by atoms with Crippen molar-refractivity contribution in [2.75, 3.05) is 13.7 Å². The van der Waals surface area contributed by atoms with E-state index in [9.17, 15) is 14.4 Å². The number of amides is 1. The molecule has 0 bridgehead atoms. The fraction of sp³-hybridized carbons (Fsp3) is 0.720. The molecule has 1 unspecified atom stereocenters. The molecule has 2 saturated carbocycles. The van der Waals surface area contributed by atoms with E-state index in [1.807, 2.05) is 26.8 Å². The number of carbonyl (C=O) groups is 3. The first-order valence-corrected chi connectivity index (χ1v) is 11.4. The summed E-state index contributed by atoms with van der Waals surface area (Å²) in [7, 11) is 1.47. The number of hydrogen-bond donors (Lipinski definition) is 0. The number of ketones is 1. The number of esters is 1. The maximum absolute atomic E-state index is 13.2. The summed E-state index contributed by atoms with van der Waals surface area (Å²) in [6, 6.07) is 0. The number of ether oxygens (including phenoxy) is 2. The zero-order chi connectivity index (χ0) is 22.8. The van der Waals surface area contributed by atoms with Gasteiger partial charge in [-0.05, 0) is 75.7 Å². The summed E-state index contributed by atoms with van der Waals surface area (Å²) in [5.74, 6) is 0.582. The Morgan fingerprint density at radius 1 is 1.13 bits per heavy atom. The quantitative estimate of drug-likeness (QED) is 0.574. The topological polar surface area (TPSA) is 72.9 Å². The lowest BCUT2D eigenvalue weighted by Crippen LogP contribution is -2.58. The Morgan fingerprint density at radius 2 is 1.84 bits per heavy atom. The van der Waals surface area contributed by atoms with E-state index in [1.165, 1.54) is 7.11 Å². The van der Waals surface area contributed by atoms with Crippen LogP contribution in [0.1, 0.15) is 60.3 Å². The highest BCUT2D eigenvalue weighted by Crippen LogP contribution is 2.65. The van der Waals surface area contributed by atoms with Crippen molar-refractivity contribution in [3.8, 4) is 0 Å². The lowest BCUT2D eigenvalue weighted by Gasteiger charge is -2.58. The van der Waals surface area contributed by atoms with Crippen LogP contribution in [0.5, 0.6) is 0 Å². The molecule has 0 spiro atoms. The molecule has 6 nitrogen and oxygen atoms in total. The van der Waals surface area contributed by atoms with Gasteiger partial charge >= 0.3 is 12.1 Å². The van der Waals surface area contributed by atoms with Crippen LogP contribution in [0.2, 0.25) is 0 Å². The molecule has 6 heteroatoms. The Labute approximate surface area is 185 Å². The third-order valence-corrected chi connectivity index (χ3v) is 8.42. The van der Waals surface area contributed by atoms with E-state index in [-0.39, 0.29) is 29.0 Å². The molecule has 0 aromatic rings. The van der Waals surface area contributed by atoms with Gasteiger partial charge < -0.3 is 9.47 Å². The molecule has 0 aromatic heterocycles. The summed E-state index contributed by atoms with van der Waals surface area (Å²) in [5, 5.41) is 0. The van der Waals surface area contributed by atoms with Crippen LogP contribution in [-0.2, 0) is 19.1 Å². The Balaban J connectivity index is 1.73. The van der Waals surface area contributed by atoms with Gasteiger partial charge in [0, 0.05) is 23.7 Å². The van der Waals surface area contributed by atoms with Gasteiger partial charge in [0.05, 0.1) is 13.0 Å². The SMILES string of the molecule is COC(=O)C1CC[C@H]2[C@@H]3CN(C(=O)OC(C)(C)C)C4=CC(=O)C=C[C@]4(C)[C@H]3CC[C@]12C. The third-order valence-electron chi connectivity index (χ3n) is 8.42. The smallest absolute Gasteiger partial charge is 0.414 e. The van der Waals surface area contributed by atoms with Crippen molar-refractivity contribution in [1.29, 1.82) is 0 Å².